The van der Waals surface area contributed by atoms with Gasteiger partial charge in [-0.3, -0.25) is 4.79 Å². The molecule has 12 heavy (non-hydrogen) atoms. The smallest absolute Gasteiger partial charge is 0.205 e. The van der Waals surface area contributed by atoms with Gasteiger partial charge in [0.1, 0.15) is 6.29 Å². The highest BCUT2D eigenvalue weighted by molar-refractivity contribution is 7.54. The average molecular weight is 181 g/mol. The second kappa shape index (κ2) is 3.92. The molecule has 62 valence electrons. The van der Waals surface area contributed by atoms with Gasteiger partial charge in [-0.1, -0.05) is 12.1 Å². The fraction of sp³-hybridized carbons (Fsp3) is 0.125. The molecular formula is C8H7NO2S. The molecule has 0 aliphatic carbocycles. The number of nitrogens with zero attached hydrogens (tertiary/aromatic N) is 1. The van der Waals surface area contributed by atoms with Crippen molar-refractivity contribution in [2.24, 2.45) is 4.36 Å². The zero-order chi connectivity index (χ0) is 8.97. The van der Waals surface area contributed by atoms with Gasteiger partial charge in [0.2, 0.25) is 11.5 Å². The summed E-state index contributed by atoms with van der Waals surface area (Å²) in [6, 6.07) is 5.09. The number of hydrogen-bond acceptors (Lipinski definition) is 3. The maximum absolute atomic E-state index is 10.5. The zero-order valence-corrected chi connectivity index (χ0v) is 7.30. The van der Waals surface area contributed by atoms with Gasteiger partial charge in [-0.25, -0.2) is 0 Å². The van der Waals surface area contributed by atoms with Crippen LogP contribution in [0.25, 0.3) is 0 Å². The minimum atomic E-state index is 0.147. The van der Waals surface area contributed by atoms with Gasteiger partial charge in [-0.2, -0.15) is 8.57 Å². The average Bonchev–Trinajstić information content (AvgIpc) is 2.09. The van der Waals surface area contributed by atoms with E-state index in [9.17, 15) is 9.00 Å². The first-order valence-electron chi connectivity index (χ1n) is 3.34. The van der Waals surface area contributed by atoms with Crippen molar-refractivity contribution in [3.05, 3.63) is 29.3 Å². The zero-order valence-electron chi connectivity index (χ0n) is 6.48. The number of carbonyl (C=O) groups is 1. The Balaban J connectivity index is 3.31. The molecule has 1 aromatic carbocycles. The van der Waals surface area contributed by atoms with E-state index < -0.39 is 0 Å². The molecule has 1 aromatic rings. The van der Waals surface area contributed by atoms with Crippen LogP contribution >= 0.6 is 0 Å². The Morgan fingerprint density at radius 1 is 1.50 bits per heavy atom. The van der Waals surface area contributed by atoms with Crippen molar-refractivity contribution >= 4 is 23.4 Å². The highest BCUT2D eigenvalue weighted by Crippen LogP contribution is 2.19. The normalized spacial score (nSPS) is 9.08. The Kier molecular flexibility index (Phi) is 2.88. The van der Waals surface area contributed by atoms with E-state index in [4.69, 9.17) is 0 Å². The number of rotatable bonds is 2. The first-order chi connectivity index (χ1) is 5.79. The van der Waals surface area contributed by atoms with Crippen molar-refractivity contribution in [3.63, 3.8) is 0 Å². The van der Waals surface area contributed by atoms with E-state index in [2.05, 4.69) is 4.36 Å². The Hall–Kier alpha value is -1.29. The lowest BCUT2D eigenvalue weighted by atomic mass is 10.1. The maximum atomic E-state index is 10.5. The number of benzene rings is 1. The maximum Gasteiger partial charge on any atom is 0.205 e. The van der Waals surface area contributed by atoms with Crippen LogP contribution in [0, 0.1) is 6.92 Å². The van der Waals surface area contributed by atoms with Crippen molar-refractivity contribution in [1.82, 2.24) is 0 Å². The van der Waals surface area contributed by atoms with Crippen LogP contribution in [0.4, 0.5) is 5.69 Å². The van der Waals surface area contributed by atoms with Crippen LogP contribution in [-0.4, -0.2) is 10.5 Å². The standard InChI is InChI=1S/C8H7NO2S/c1-6-7(5-10)3-2-4-8(6)9-12-11/h2-5H,1H3. The monoisotopic (exact) mass is 181 g/mol. The molecule has 4 heteroatoms. The molecule has 0 radical (unpaired) electrons. The van der Waals surface area contributed by atoms with Crippen molar-refractivity contribution in [2.75, 3.05) is 0 Å². The molecule has 1 rings (SSSR count). The molecule has 0 bridgehead atoms. The fourth-order valence-corrected chi connectivity index (χ4v) is 1.19. The first-order valence-corrected chi connectivity index (χ1v) is 4.04. The second-order valence-corrected chi connectivity index (χ2v) is 2.61. The van der Waals surface area contributed by atoms with Gasteiger partial charge in [-0.05, 0) is 18.6 Å². The molecule has 0 saturated heterocycles. The summed E-state index contributed by atoms with van der Waals surface area (Å²) >= 11 is 0.147. The van der Waals surface area contributed by atoms with Gasteiger partial charge in [-0.15, -0.1) is 0 Å². The van der Waals surface area contributed by atoms with Crippen LogP contribution in [0.5, 0.6) is 0 Å². The van der Waals surface area contributed by atoms with Gasteiger partial charge in [0.15, 0.2) is 0 Å². The third-order valence-corrected chi connectivity index (χ3v) is 1.88. The summed E-state index contributed by atoms with van der Waals surface area (Å²) < 4.78 is 13.7. The topological polar surface area (TPSA) is 46.5 Å². The molecule has 0 saturated carbocycles. The predicted molar refractivity (Wildman–Crippen MR) is 46.8 cm³/mol. The van der Waals surface area contributed by atoms with Crippen LogP contribution < -0.4 is 0 Å². The second-order valence-electron chi connectivity index (χ2n) is 2.28. The van der Waals surface area contributed by atoms with E-state index in [1.165, 1.54) is 0 Å². The van der Waals surface area contributed by atoms with E-state index in [0.717, 1.165) is 11.8 Å². The number of aldehydes is 1. The molecule has 0 N–H and O–H groups in total. The third-order valence-electron chi connectivity index (χ3n) is 1.61. The number of carbonyl (C=O) groups excluding carboxylic acids is 1. The molecule has 0 amide bonds. The molecule has 0 spiro atoms. The molecule has 0 aromatic heterocycles. The van der Waals surface area contributed by atoms with Crippen molar-refractivity contribution in [2.45, 2.75) is 6.92 Å². The molecular weight excluding hydrogens is 174 g/mol. The van der Waals surface area contributed by atoms with Gasteiger partial charge in [0.05, 0.1) is 5.69 Å². The van der Waals surface area contributed by atoms with Gasteiger partial charge >= 0.3 is 0 Å². The Bertz CT molecular complexity index is 356. The van der Waals surface area contributed by atoms with Crippen molar-refractivity contribution in [1.29, 1.82) is 0 Å². The molecule has 0 heterocycles. The van der Waals surface area contributed by atoms with Crippen LogP contribution in [0.15, 0.2) is 22.6 Å². The quantitative estimate of drug-likeness (QED) is 0.653. The van der Waals surface area contributed by atoms with E-state index in [0.29, 0.717) is 11.3 Å². The Morgan fingerprint density at radius 2 is 2.25 bits per heavy atom. The lowest BCUT2D eigenvalue weighted by Crippen LogP contribution is -1.84. The van der Waals surface area contributed by atoms with Crippen molar-refractivity contribution in [3.8, 4) is 0 Å². The van der Waals surface area contributed by atoms with Gasteiger partial charge in [0, 0.05) is 5.56 Å². The summed E-state index contributed by atoms with van der Waals surface area (Å²) in [4.78, 5) is 10.5. The molecule has 0 aliphatic rings. The minimum absolute atomic E-state index is 0.147. The van der Waals surface area contributed by atoms with Gasteiger partial charge in [0.25, 0.3) is 0 Å². The predicted octanol–water partition coefficient (Wildman–Crippen LogP) is 1.84. The molecule has 0 unspecified atom stereocenters. The van der Waals surface area contributed by atoms with Crippen molar-refractivity contribution < 1.29 is 9.00 Å². The molecule has 0 aliphatic heterocycles. The summed E-state index contributed by atoms with van der Waals surface area (Å²) in [6.07, 6.45) is 0.754. The van der Waals surface area contributed by atoms with Crippen LogP contribution in [0.2, 0.25) is 0 Å². The lowest BCUT2D eigenvalue weighted by molar-refractivity contribution is 0.112. The van der Waals surface area contributed by atoms with E-state index in [1.807, 2.05) is 0 Å². The molecule has 3 nitrogen and oxygen atoms in total. The molecule has 0 atom stereocenters. The highest BCUT2D eigenvalue weighted by Gasteiger charge is 2.00. The van der Waals surface area contributed by atoms with Crippen LogP contribution in [0.1, 0.15) is 15.9 Å². The summed E-state index contributed by atoms with van der Waals surface area (Å²) in [6.45, 7) is 1.76. The highest BCUT2D eigenvalue weighted by atomic mass is 32.1. The lowest BCUT2D eigenvalue weighted by Gasteiger charge is -1.98. The van der Waals surface area contributed by atoms with E-state index >= 15 is 0 Å². The SMILES string of the molecule is Cc1c(C=O)cccc1N=S=O. The first kappa shape index (κ1) is 8.80. The van der Waals surface area contributed by atoms with Gasteiger partial charge < -0.3 is 0 Å². The minimum Gasteiger partial charge on any atom is -0.298 e. The third kappa shape index (κ3) is 1.65. The summed E-state index contributed by atoms with van der Waals surface area (Å²) in [7, 11) is 0. The fourth-order valence-electron chi connectivity index (χ4n) is 0.908. The molecule has 0 fully saturated rings. The summed E-state index contributed by atoms with van der Waals surface area (Å²) in [5.41, 5.74) is 1.89. The van der Waals surface area contributed by atoms with E-state index in [1.54, 1.807) is 25.1 Å². The number of hydrogen-bond donors (Lipinski definition) is 0. The largest absolute Gasteiger partial charge is 0.298 e. The van der Waals surface area contributed by atoms with Crippen LogP contribution in [0.3, 0.4) is 0 Å². The summed E-state index contributed by atoms with van der Waals surface area (Å²) in [5, 5.41) is 0. The Labute approximate surface area is 73.7 Å². The Morgan fingerprint density at radius 3 is 2.83 bits per heavy atom. The van der Waals surface area contributed by atoms with E-state index in [-0.39, 0.29) is 11.5 Å². The van der Waals surface area contributed by atoms with Crippen LogP contribution in [-0.2, 0) is 11.5 Å². The summed E-state index contributed by atoms with van der Waals surface area (Å²) in [5.74, 6) is 0.